The highest BCUT2D eigenvalue weighted by atomic mass is 127. The third-order valence-corrected chi connectivity index (χ3v) is 3.84. The number of hydrogen-bond acceptors (Lipinski definition) is 3. The first-order valence-electron chi connectivity index (χ1n) is 7.78. The van der Waals surface area contributed by atoms with Crippen molar-refractivity contribution in [1.29, 1.82) is 0 Å². The molecule has 0 heterocycles. The molecule has 0 unspecified atom stereocenters. The molecule has 0 saturated carbocycles. The van der Waals surface area contributed by atoms with Gasteiger partial charge in [-0.05, 0) is 19.9 Å². The van der Waals surface area contributed by atoms with E-state index < -0.39 is 0 Å². The summed E-state index contributed by atoms with van der Waals surface area (Å²) in [6.45, 7) is 5.01. The monoisotopic (exact) mass is 383 g/mol. The summed E-state index contributed by atoms with van der Waals surface area (Å²) in [4.78, 5) is 11.1. The van der Waals surface area contributed by atoms with Crippen LogP contribution < -0.4 is 5.32 Å². The van der Waals surface area contributed by atoms with Gasteiger partial charge in [0.05, 0.1) is 0 Å². The highest BCUT2D eigenvalue weighted by Crippen LogP contribution is 2.10. The molecule has 19 heavy (non-hydrogen) atoms. The Morgan fingerprint density at radius 2 is 1.47 bits per heavy atom. The van der Waals surface area contributed by atoms with Crippen LogP contribution in [0.25, 0.3) is 0 Å². The second kappa shape index (κ2) is 14.6. The van der Waals surface area contributed by atoms with Crippen LogP contribution in [0, 0.1) is 0 Å². The molecular formula is C15H30INO2. The van der Waals surface area contributed by atoms with Gasteiger partial charge in [-0.2, -0.15) is 0 Å². The maximum atomic E-state index is 11.1. The summed E-state index contributed by atoms with van der Waals surface area (Å²) in [7, 11) is 0. The molecule has 0 aliphatic heterocycles. The van der Waals surface area contributed by atoms with Crippen LogP contribution in [0.3, 0.4) is 0 Å². The van der Waals surface area contributed by atoms with E-state index in [1.807, 2.05) is 6.92 Å². The summed E-state index contributed by atoms with van der Waals surface area (Å²) >= 11 is 1.63. The van der Waals surface area contributed by atoms with Gasteiger partial charge in [-0.15, -0.1) is 0 Å². The van der Waals surface area contributed by atoms with Crippen LogP contribution in [0.4, 0.5) is 0 Å². The molecule has 0 fully saturated rings. The number of unbranched alkanes of at least 4 members (excludes halogenated alkanes) is 9. The van der Waals surface area contributed by atoms with E-state index in [0.717, 1.165) is 13.0 Å². The Bertz CT molecular complexity index is 212. The summed E-state index contributed by atoms with van der Waals surface area (Å²) in [6.07, 6.45) is 13.4. The third kappa shape index (κ3) is 12.9. The van der Waals surface area contributed by atoms with Crippen molar-refractivity contribution in [3.63, 3.8) is 0 Å². The van der Waals surface area contributed by atoms with E-state index in [9.17, 15) is 4.79 Å². The zero-order valence-corrected chi connectivity index (χ0v) is 14.7. The van der Waals surface area contributed by atoms with E-state index in [1.165, 1.54) is 57.8 Å². The predicted octanol–water partition coefficient (Wildman–Crippen LogP) is 4.78. The van der Waals surface area contributed by atoms with E-state index >= 15 is 0 Å². The quantitative estimate of drug-likeness (QED) is 0.368. The van der Waals surface area contributed by atoms with Crippen molar-refractivity contribution in [3.8, 4) is 0 Å². The van der Waals surface area contributed by atoms with Gasteiger partial charge in [-0.25, -0.2) is 4.79 Å². The van der Waals surface area contributed by atoms with E-state index in [2.05, 4.69) is 15.3 Å². The molecule has 0 aromatic heterocycles. The number of rotatable bonds is 13. The Morgan fingerprint density at radius 3 is 1.95 bits per heavy atom. The largest absolute Gasteiger partial charge is 0.393 e. The second-order valence-corrected chi connectivity index (χ2v) is 5.69. The molecule has 114 valence electrons. The Labute approximate surface area is 132 Å². The Balaban J connectivity index is 3.12. The fraction of sp³-hybridized carbons (Fsp3) is 0.933. The van der Waals surface area contributed by atoms with Crippen molar-refractivity contribution < 1.29 is 7.86 Å². The van der Waals surface area contributed by atoms with E-state index in [0.29, 0.717) is 0 Å². The lowest BCUT2D eigenvalue weighted by molar-refractivity contribution is -0.133. The highest BCUT2D eigenvalue weighted by Gasteiger charge is 2.11. The number of carbonyl (C=O) groups is 1. The number of hydrogen-bond donors (Lipinski definition) is 1. The Hall–Kier alpha value is 0.160. The van der Waals surface area contributed by atoms with Gasteiger partial charge in [-0.3, -0.25) is 0 Å². The summed E-state index contributed by atoms with van der Waals surface area (Å²) in [6, 6.07) is -0.185. The molecule has 0 aromatic carbocycles. The average molecular weight is 383 g/mol. The van der Waals surface area contributed by atoms with E-state index in [-0.39, 0.29) is 12.0 Å². The molecule has 3 nitrogen and oxygen atoms in total. The van der Waals surface area contributed by atoms with Gasteiger partial charge in [0.15, 0.2) is 23.0 Å². The minimum Gasteiger partial charge on any atom is -0.393 e. The van der Waals surface area contributed by atoms with Gasteiger partial charge in [0.1, 0.15) is 6.04 Å². The van der Waals surface area contributed by atoms with Gasteiger partial charge in [-0.1, -0.05) is 64.7 Å². The van der Waals surface area contributed by atoms with Gasteiger partial charge in [0, 0.05) is 0 Å². The zero-order valence-electron chi connectivity index (χ0n) is 12.5. The standard InChI is InChI=1S/C15H30INO2/c1-3-4-5-6-7-8-9-10-11-12-13-17-14(2)15(18)19-16/h14,17H,3-13H2,1-2H3/t14-/m0/s1. The smallest absolute Gasteiger partial charge is 0.332 e. The fourth-order valence-corrected chi connectivity index (χ4v) is 2.46. The molecule has 0 aliphatic rings. The highest BCUT2D eigenvalue weighted by molar-refractivity contribution is 14.1. The maximum absolute atomic E-state index is 11.1. The van der Waals surface area contributed by atoms with Crippen LogP contribution in [0.15, 0.2) is 0 Å². The lowest BCUT2D eigenvalue weighted by Crippen LogP contribution is -2.34. The lowest BCUT2D eigenvalue weighted by Gasteiger charge is -2.10. The van der Waals surface area contributed by atoms with Crippen LogP contribution in [0.2, 0.25) is 0 Å². The third-order valence-electron chi connectivity index (χ3n) is 3.41. The summed E-state index contributed by atoms with van der Waals surface area (Å²) < 4.78 is 4.63. The maximum Gasteiger partial charge on any atom is 0.332 e. The molecule has 1 atom stereocenters. The second-order valence-electron chi connectivity index (χ2n) is 5.25. The fourth-order valence-electron chi connectivity index (χ4n) is 2.08. The lowest BCUT2D eigenvalue weighted by atomic mass is 10.1. The summed E-state index contributed by atoms with van der Waals surface area (Å²) in [5.74, 6) is -0.187. The average Bonchev–Trinajstić information content (AvgIpc) is 2.43. The summed E-state index contributed by atoms with van der Waals surface area (Å²) in [5, 5.41) is 3.18. The first-order chi connectivity index (χ1) is 9.22. The molecular weight excluding hydrogens is 353 g/mol. The van der Waals surface area contributed by atoms with E-state index in [1.54, 1.807) is 23.0 Å². The van der Waals surface area contributed by atoms with Gasteiger partial charge >= 0.3 is 5.97 Å². The van der Waals surface area contributed by atoms with Crippen molar-refractivity contribution in [3.05, 3.63) is 0 Å². The van der Waals surface area contributed by atoms with Gasteiger partial charge in [0.2, 0.25) is 0 Å². The number of halogens is 1. The van der Waals surface area contributed by atoms with Crippen molar-refractivity contribution in [2.75, 3.05) is 6.54 Å². The Kier molecular flexibility index (Phi) is 14.7. The first-order valence-corrected chi connectivity index (χ1v) is 8.66. The van der Waals surface area contributed by atoms with Crippen molar-refractivity contribution >= 4 is 29.0 Å². The Morgan fingerprint density at radius 1 is 1.00 bits per heavy atom. The molecule has 0 amide bonds. The van der Waals surface area contributed by atoms with Crippen LogP contribution in [-0.4, -0.2) is 18.6 Å². The van der Waals surface area contributed by atoms with Crippen LogP contribution in [0.1, 0.15) is 78.1 Å². The van der Waals surface area contributed by atoms with Gasteiger partial charge < -0.3 is 8.38 Å². The minimum atomic E-state index is -0.187. The molecule has 0 radical (unpaired) electrons. The van der Waals surface area contributed by atoms with Crippen LogP contribution in [0.5, 0.6) is 0 Å². The van der Waals surface area contributed by atoms with Crippen molar-refractivity contribution in [2.45, 2.75) is 84.1 Å². The van der Waals surface area contributed by atoms with Crippen molar-refractivity contribution in [2.24, 2.45) is 0 Å². The minimum absolute atomic E-state index is 0.185. The molecule has 1 N–H and O–H groups in total. The van der Waals surface area contributed by atoms with Crippen LogP contribution >= 0.6 is 23.0 Å². The zero-order chi connectivity index (χ0) is 14.3. The molecule has 0 saturated heterocycles. The van der Waals surface area contributed by atoms with Crippen molar-refractivity contribution in [1.82, 2.24) is 5.32 Å². The van der Waals surface area contributed by atoms with E-state index in [4.69, 9.17) is 0 Å². The molecule has 0 aliphatic carbocycles. The van der Waals surface area contributed by atoms with Gasteiger partial charge in [0.25, 0.3) is 0 Å². The first kappa shape index (κ1) is 19.2. The topological polar surface area (TPSA) is 38.3 Å². The number of carbonyl (C=O) groups excluding carboxylic acids is 1. The molecule has 0 aromatic rings. The molecule has 4 heteroatoms. The summed E-state index contributed by atoms with van der Waals surface area (Å²) in [5.41, 5.74) is 0. The van der Waals surface area contributed by atoms with Crippen LogP contribution in [-0.2, 0) is 7.86 Å². The molecule has 0 bridgehead atoms. The number of nitrogens with one attached hydrogen (secondary N) is 1. The normalized spacial score (nSPS) is 12.4. The molecule has 0 spiro atoms. The SMILES string of the molecule is CCCCCCCCCCCCN[C@@H](C)C(=O)OI. The molecule has 0 rings (SSSR count). The predicted molar refractivity (Wildman–Crippen MR) is 89.4 cm³/mol.